The molecule has 0 bridgehead atoms. The highest BCUT2D eigenvalue weighted by atomic mass is 35.5. The second-order valence-electron chi connectivity index (χ2n) is 5.59. The zero-order chi connectivity index (χ0) is 14.5. The molecule has 1 N–H and O–H groups in total. The van der Waals surface area contributed by atoms with Gasteiger partial charge in [-0.2, -0.15) is 0 Å². The summed E-state index contributed by atoms with van der Waals surface area (Å²) in [7, 11) is 1.99. The standard InChI is InChI=1S/C16H23ClN2O/c1-12-11-14(3-4-15(12)17)16(20)19-9-6-13(7-10-19)5-8-18-2/h3-4,11,13,18H,5-10H2,1-2H3. The van der Waals surface area contributed by atoms with E-state index in [-0.39, 0.29) is 5.91 Å². The number of rotatable bonds is 4. The summed E-state index contributed by atoms with van der Waals surface area (Å²) in [6.45, 7) is 4.74. The molecular weight excluding hydrogens is 272 g/mol. The van der Waals surface area contributed by atoms with E-state index in [0.717, 1.165) is 49.5 Å². The maximum atomic E-state index is 12.5. The van der Waals surface area contributed by atoms with Gasteiger partial charge in [0, 0.05) is 23.7 Å². The predicted molar refractivity (Wildman–Crippen MR) is 83.4 cm³/mol. The fraction of sp³-hybridized carbons (Fsp3) is 0.562. The minimum Gasteiger partial charge on any atom is -0.339 e. The summed E-state index contributed by atoms with van der Waals surface area (Å²) in [5, 5.41) is 3.91. The van der Waals surface area contributed by atoms with Crippen molar-refractivity contribution in [3.8, 4) is 0 Å². The molecular formula is C16H23ClN2O. The van der Waals surface area contributed by atoms with Crippen LogP contribution in [-0.2, 0) is 0 Å². The topological polar surface area (TPSA) is 32.3 Å². The SMILES string of the molecule is CNCCC1CCN(C(=O)c2ccc(Cl)c(C)c2)CC1. The van der Waals surface area contributed by atoms with Gasteiger partial charge in [-0.15, -0.1) is 0 Å². The third-order valence-corrected chi connectivity index (χ3v) is 4.53. The minimum atomic E-state index is 0.136. The molecule has 20 heavy (non-hydrogen) atoms. The molecule has 1 aliphatic heterocycles. The van der Waals surface area contributed by atoms with Crippen molar-refractivity contribution in [2.75, 3.05) is 26.7 Å². The zero-order valence-corrected chi connectivity index (χ0v) is 13.0. The molecule has 0 spiro atoms. The number of nitrogens with one attached hydrogen (secondary N) is 1. The van der Waals surface area contributed by atoms with Gasteiger partial charge in [-0.1, -0.05) is 11.6 Å². The second-order valence-corrected chi connectivity index (χ2v) is 6.00. The highest BCUT2D eigenvalue weighted by molar-refractivity contribution is 6.31. The van der Waals surface area contributed by atoms with Gasteiger partial charge in [-0.3, -0.25) is 4.79 Å². The lowest BCUT2D eigenvalue weighted by molar-refractivity contribution is 0.0687. The summed E-state index contributed by atoms with van der Waals surface area (Å²) in [4.78, 5) is 14.4. The lowest BCUT2D eigenvalue weighted by Crippen LogP contribution is -2.39. The molecule has 1 aliphatic rings. The van der Waals surface area contributed by atoms with Crippen LogP contribution >= 0.6 is 11.6 Å². The van der Waals surface area contributed by atoms with Gasteiger partial charge in [0.05, 0.1) is 0 Å². The molecule has 1 saturated heterocycles. The molecule has 110 valence electrons. The molecule has 0 unspecified atom stereocenters. The van der Waals surface area contributed by atoms with E-state index in [0.29, 0.717) is 5.02 Å². The fourth-order valence-electron chi connectivity index (χ4n) is 2.73. The quantitative estimate of drug-likeness (QED) is 0.925. The number of carbonyl (C=O) groups excluding carboxylic acids is 1. The molecule has 3 nitrogen and oxygen atoms in total. The van der Waals surface area contributed by atoms with E-state index < -0.39 is 0 Å². The summed E-state index contributed by atoms with van der Waals surface area (Å²) in [5.41, 5.74) is 1.71. The Bertz CT molecular complexity index is 468. The van der Waals surface area contributed by atoms with Crippen molar-refractivity contribution in [2.45, 2.75) is 26.2 Å². The van der Waals surface area contributed by atoms with Crippen LogP contribution in [0.1, 0.15) is 35.2 Å². The van der Waals surface area contributed by atoms with E-state index in [1.807, 2.05) is 37.1 Å². The van der Waals surface area contributed by atoms with Crippen molar-refractivity contribution >= 4 is 17.5 Å². The number of nitrogens with zero attached hydrogens (tertiary/aromatic N) is 1. The molecule has 1 aromatic carbocycles. The maximum Gasteiger partial charge on any atom is 0.253 e. The Labute approximate surface area is 126 Å². The first-order valence-electron chi connectivity index (χ1n) is 7.32. The van der Waals surface area contributed by atoms with Crippen LogP contribution in [0, 0.1) is 12.8 Å². The Morgan fingerprint density at radius 3 is 2.70 bits per heavy atom. The van der Waals surface area contributed by atoms with E-state index in [1.165, 1.54) is 6.42 Å². The molecule has 0 aromatic heterocycles. The number of aryl methyl sites for hydroxylation is 1. The van der Waals surface area contributed by atoms with E-state index in [1.54, 1.807) is 0 Å². The molecule has 4 heteroatoms. The number of halogens is 1. The monoisotopic (exact) mass is 294 g/mol. The highest BCUT2D eigenvalue weighted by Gasteiger charge is 2.23. The van der Waals surface area contributed by atoms with Crippen LogP contribution in [0.4, 0.5) is 0 Å². The van der Waals surface area contributed by atoms with E-state index in [2.05, 4.69) is 5.32 Å². The molecule has 2 rings (SSSR count). The van der Waals surface area contributed by atoms with Crippen LogP contribution in [0.2, 0.25) is 5.02 Å². The zero-order valence-electron chi connectivity index (χ0n) is 12.3. The van der Waals surface area contributed by atoms with Gasteiger partial charge in [-0.25, -0.2) is 0 Å². The van der Waals surface area contributed by atoms with Gasteiger partial charge >= 0.3 is 0 Å². The van der Waals surface area contributed by atoms with Gasteiger partial charge in [0.25, 0.3) is 5.91 Å². The van der Waals surface area contributed by atoms with E-state index >= 15 is 0 Å². The van der Waals surface area contributed by atoms with Gasteiger partial charge in [0.15, 0.2) is 0 Å². The number of benzene rings is 1. The first-order chi connectivity index (χ1) is 9.61. The summed E-state index contributed by atoms with van der Waals surface area (Å²) in [6, 6.07) is 5.52. The first-order valence-corrected chi connectivity index (χ1v) is 7.69. The van der Waals surface area contributed by atoms with Crippen LogP contribution in [-0.4, -0.2) is 37.5 Å². The number of carbonyl (C=O) groups is 1. The number of hydrogen-bond acceptors (Lipinski definition) is 2. The van der Waals surface area contributed by atoms with Crippen LogP contribution in [0.25, 0.3) is 0 Å². The number of likely N-dealkylation sites (tertiary alicyclic amines) is 1. The van der Waals surface area contributed by atoms with Crippen LogP contribution in [0.3, 0.4) is 0 Å². The van der Waals surface area contributed by atoms with Crippen molar-refractivity contribution in [1.29, 1.82) is 0 Å². The minimum absolute atomic E-state index is 0.136. The Hall–Kier alpha value is -1.06. The Morgan fingerprint density at radius 2 is 2.10 bits per heavy atom. The van der Waals surface area contributed by atoms with E-state index in [9.17, 15) is 4.79 Å². The number of amides is 1. The average molecular weight is 295 g/mol. The Kier molecular flexibility index (Phi) is 5.44. The van der Waals surface area contributed by atoms with Crippen LogP contribution in [0.15, 0.2) is 18.2 Å². The largest absolute Gasteiger partial charge is 0.339 e. The lowest BCUT2D eigenvalue weighted by atomic mass is 9.93. The molecule has 0 atom stereocenters. The molecule has 1 aromatic rings. The van der Waals surface area contributed by atoms with Gasteiger partial charge in [0.2, 0.25) is 0 Å². The van der Waals surface area contributed by atoms with Crippen molar-refractivity contribution in [3.63, 3.8) is 0 Å². The Balaban J connectivity index is 1.92. The Morgan fingerprint density at radius 1 is 1.40 bits per heavy atom. The molecule has 1 amide bonds. The summed E-state index contributed by atoms with van der Waals surface area (Å²) >= 11 is 6.01. The van der Waals surface area contributed by atoms with Crippen molar-refractivity contribution < 1.29 is 4.79 Å². The first kappa shape index (κ1) is 15.3. The summed E-state index contributed by atoms with van der Waals surface area (Å²) < 4.78 is 0. The van der Waals surface area contributed by atoms with Crippen LogP contribution in [0.5, 0.6) is 0 Å². The molecule has 1 fully saturated rings. The van der Waals surface area contributed by atoms with Gasteiger partial charge in [-0.05, 0) is 69.5 Å². The highest BCUT2D eigenvalue weighted by Crippen LogP contribution is 2.23. The second kappa shape index (κ2) is 7.09. The average Bonchev–Trinajstić information content (AvgIpc) is 2.48. The number of hydrogen-bond donors (Lipinski definition) is 1. The summed E-state index contributed by atoms with van der Waals surface area (Å²) in [5.74, 6) is 0.885. The number of piperidine rings is 1. The molecule has 0 radical (unpaired) electrons. The molecule has 0 aliphatic carbocycles. The van der Waals surface area contributed by atoms with Gasteiger partial charge < -0.3 is 10.2 Å². The fourth-order valence-corrected chi connectivity index (χ4v) is 2.85. The lowest BCUT2D eigenvalue weighted by Gasteiger charge is -2.32. The van der Waals surface area contributed by atoms with Crippen molar-refractivity contribution in [1.82, 2.24) is 10.2 Å². The predicted octanol–water partition coefficient (Wildman–Crippen LogP) is 3.11. The van der Waals surface area contributed by atoms with Crippen LogP contribution < -0.4 is 5.32 Å². The van der Waals surface area contributed by atoms with Crippen molar-refractivity contribution in [3.05, 3.63) is 34.3 Å². The van der Waals surface area contributed by atoms with Gasteiger partial charge in [0.1, 0.15) is 0 Å². The summed E-state index contributed by atoms with van der Waals surface area (Å²) in [6.07, 6.45) is 3.43. The maximum absolute atomic E-state index is 12.5. The molecule has 0 saturated carbocycles. The van der Waals surface area contributed by atoms with Crippen molar-refractivity contribution in [2.24, 2.45) is 5.92 Å². The smallest absolute Gasteiger partial charge is 0.253 e. The van der Waals surface area contributed by atoms with E-state index in [4.69, 9.17) is 11.6 Å². The third kappa shape index (κ3) is 3.74. The molecule has 1 heterocycles. The third-order valence-electron chi connectivity index (χ3n) is 4.11. The normalized spacial score (nSPS) is 16.4.